The number of carbonyl (C=O) groups is 2. The highest BCUT2D eigenvalue weighted by Crippen LogP contribution is 2.34. The minimum absolute atomic E-state index is 0.0426. The quantitative estimate of drug-likeness (QED) is 0.359. The van der Waals surface area contributed by atoms with E-state index >= 15 is 0 Å². The molecule has 0 atom stereocenters. The summed E-state index contributed by atoms with van der Waals surface area (Å²) in [6.07, 6.45) is 0. The van der Waals surface area contributed by atoms with Crippen molar-refractivity contribution in [3.05, 3.63) is 54.6 Å². The Kier molecular flexibility index (Phi) is 5.62. The second-order valence-electron chi connectivity index (χ2n) is 5.03. The summed E-state index contributed by atoms with van der Waals surface area (Å²) < 4.78 is 15.1. The van der Waals surface area contributed by atoms with E-state index in [9.17, 15) is 19.8 Å². The Balaban J connectivity index is 1.89. The molecule has 0 saturated heterocycles. The molecule has 0 bridgehead atoms. The van der Waals surface area contributed by atoms with E-state index in [0.29, 0.717) is 0 Å². The summed E-state index contributed by atoms with van der Waals surface area (Å²) in [5.41, 5.74) is 0.267. The lowest BCUT2D eigenvalue weighted by molar-refractivity contribution is -0.136. The summed E-state index contributed by atoms with van der Waals surface area (Å²) in [5, 5.41) is 18.9. The number of aromatic hydroxyl groups is 2. The maximum absolute atomic E-state index is 11.7. The zero-order chi connectivity index (χ0) is 18.4. The third-order valence-corrected chi connectivity index (χ3v) is 2.94. The van der Waals surface area contributed by atoms with E-state index in [4.69, 9.17) is 14.2 Å². The molecule has 0 radical (unpaired) electrons. The number of carbonyl (C=O) groups excluding carboxylic acids is 2. The monoisotopic (exact) mass is 344 g/mol. The topological polar surface area (TPSA) is 102 Å². The Hall–Kier alpha value is -3.48. The second kappa shape index (κ2) is 7.87. The fraction of sp³-hybridized carbons (Fsp3) is 0.111. The van der Waals surface area contributed by atoms with E-state index in [2.05, 4.69) is 6.58 Å². The molecule has 0 aromatic heterocycles. The van der Waals surface area contributed by atoms with Crippen LogP contribution in [0.25, 0.3) is 0 Å². The number of esters is 2. The van der Waals surface area contributed by atoms with Crippen molar-refractivity contribution in [2.24, 2.45) is 0 Å². The Bertz CT molecular complexity index is 794. The maximum atomic E-state index is 11.7. The molecule has 0 unspecified atom stereocenters. The van der Waals surface area contributed by atoms with E-state index in [1.807, 2.05) is 0 Å². The standard InChI is InChI=1S/C18H16O7/c1-11(2)18(22)25-13-8-6-12(7-9-13)24-16(20)10-23-15-5-3-4-14(19)17(15)21/h3-9,19,21H,1,10H2,2H3. The van der Waals surface area contributed by atoms with E-state index in [-0.39, 0.29) is 28.6 Å². The third kappa shape index (κ3) is 5.00. The number of para-hydroxylation sites is 1. The Morgan fingerprint density at radius 3 is 2.20 bits per heavy atom. The number of phenols is 2. The van der Waals surface area contributed by atoms with Crippen LogP contribution in [-0.4, -0.2) is 28.8 Å². The van der Waals surface area contributed by atoms with Crippen LogP contribution in [0.1, 0.15) is 6.92 Å². The number of ether oxygens (including phenoxy) is 3. The van der Waals surface area contributed by atoms with Crippen LogP contribution < -0.4 is 14.2 Å². The van der Waals surface area contributed by atoms with Crippen LogP contribution in [0.5, 0.6) is 28.7 Å². The Morgan fingerprint density at radius 1 is 1.00 bits per heavy atom. The largest absolute Gasteiger partial charge is 0.504 e. The molecular formula is C18H16O7. The number of phenolic OH excluding ortho intramolecular Hbond substituents is 2. The molecule has 0 saturated carbocycles. The molecule has 0 spiro atoms. The lowest BCUT2D eigenvalue weighted by Crippen LogP contribution is -2.17. The summed E-state index contributed by atoms with van der Waals surface area (Å²) in [4.78, 5) is 23.1. The van der Waals surface area contributed by atoms with Gasteiger partial charge in [-0.15, -0.1) is 0 Å². The molecule has 0 aliphatic carbocycles. The Labute approximate surface area is 143 Å². The summed E-state index contributed by atoms with van der Waals surface area (Å²) >= 11 is 0. The Morgan fingerprint density at radius 2 is 1.60 bits per heavy atom. The third-order valence-electron chi connectivity index (χ3n) is 2.94. The summed E-state index contributed by atoms with van der Waals surface area (Å²) in [6.45, 7) is 4.54. The predicted octanol–water partition coefficient (Wildman–Crippen LogP) is 2.56. The van der Waals surface area contributed by atoms with Crippen LogP contribution in [0, 0.1) is 0 Å². The van der Waals surface area contributed by atoms with Gasteiger partial charge in [-0.25, -0.2) is 9.59 Å². The van der Waals surface area contributed by atoms with Gasteiger partial charge in [0.25, 0.3) is 0 Å². The first kappa shape index (κ1) is 17.9. The lowest BCUT2D eigenvalue weighted by Gasteiger charge is -2.09. The molecule has 0 amide bonds. The first-order valence-corrected chi connectivity index (χ1v) is 7.19. The highest BCUT2D eigenvalue weighted by Gasteiger charge is 2.11. The van der Waals surface area contributed by atoms with Crippen molar-refractivity contribution in [3.63, 3.8) is 0 Å². The number of rotatable bonds is 6. The van der Waals surface area contributed by atoms with Gasteiger partial charge >= 0.3 is 11.9 Å². The van der Waals surface area contributed by atoms with Gasteiger partial charge in [-0.1, -0.05) is 12.6 Å². The van der Waals surface area contributed by atoms with Gasteiger partial charge in [0.05, 0.1) is 0 Å². The zero-order valence-corrected chi connectivity index (χ0v) is 13.4. The minimum Gasteiger partial charge on any atom is -0.504 e. The van der Waals surface area contributed by atoms with Crippen LogP contribution in [0.3, 0.4) is 0 Å². The van der Waals surface area contributed by atoms with Crippen LogP contribution in [-0.2, 0) is 9.59 Å². The normalized spacial score (nSPS) is 9.96. The SMILES string of the molecule is C=C(C)C(=O)Oc1ccc(OC(=O)COc2cccc(O)c2O)cc1. The van der Waals surface area contributed by atoms with Crippen molar-refractivity contribution < 1.29 is 34.0 Å². The zero-order valence-electron chi connectivity index (χ0n) is 13.4. The fourth-order valence-corrected chi connectivity index (χ4v) is 1.69. The lowest BCUT2D eigenvalue weighted by atomic mass is 10.3. The van der Waals surface area contributed by atoms with Crippen LogP contribution in [0.2, 0.25) is 0 Å². The molecular weight excluding hydrogens is 328 g/mol. The molecule has 0 aliphatic rings. The average Bonchev–Trinajstić information content (AvgIpc) is 2.58. The van der Waals surface area contributed by atoms with Gasteiger partial charge in [-0.05, 0) is 43.3 Å². The van der Waals surface area contributed by atoms with Crippen molar-refractivity contribution >= 4 is 11.9 Å². The molecule has 2 rings (SSSR count). The van der Waals surface area contributed by atoms with E-state index < -0.39 is 24.3 Å². The fourth-order valence-electron chi connectivity index (χ4n) is 1.69. The molecule has 2 aromatic rings. The molecule has 0 heterocycles. The van der Waals surface area contributed by atoms with E-state index in [1.54, 1.807) is 0 Å². The van der Waals surface area contributed by atoms with Gasteiger partial charge in [0.2, 0.25) is 5.75 Å². The molecule has 0 aliphatic heterocycles. The van der Waals surface area contributed by atoms with Crippen LogP contribution in [0.15, 0.2) is 54.6 Å². The van der Waals surface area contributed by atoms with Gasteiger partial charge < -0.3 is 24.4 Å². The van der Waals surface area contributed by atoms with Gasteiger partial charge in [0.15, 0.2) is 18.1 Å². The molecule has 0 fully saturated rings. The predicted molar refractivity (Wildman–Crippen MR) is 87.8 cm³/mol. The highest BCUT2D eigenvalue weighted by atomic mass is 16.6. The van der Waals surface area contributed by atoms with Crippen LogP contribution >= 0.6 is 0 Å². The van der Waals surface area contributed by atoms with Crippen molar-refractivity contribution in [2.75, 3.05) is 6.61 Å². The molecule has 25 heavy (non-hydrogen) atoms. The molecule has 130 valence electrons. The van der Waals surface area contributed by atoms with Gasteiger partial charge in [0.1, 0.15) is 11.5 Å². The minimum atomic E-state index is -0.713. The van der Waals surface area contributed by atoms with Crippen molar-refractivity contribution in [3.8, 4) is 28.7 Å². The van der Waals surface area contributed by atoms with E-state index in [0.717, 1.165) is 0 Å². The summed E-state index contributed by atoms with van der Waals surface area (Å²) in [6, 6.07) is 9.96. The van der Waals surface area contributed by atoms with Gasteiger partial charge in [-0.2, -0.15) is 0 Å². The van der Waals surface area contributed by atoms with Gasteiger partial charge in [0, 0.05) is 5.57 Å². The maximum Gasteiger partial charge on any atom is 0.349 e. The first-order chi connectivity index (χ1) is 11.9. The van der Waals surface area contributed by atoms with Crippen molar-refractivity contribution in [1.29, 1.82) is 0 Å². The van der Waals surface area contributed by atoms with Crippen molar-refractivity contribution in [2.45, 2.75) is 6.92 Å². The summed E-state index contributed by atoms with van der Waals surface area (Å²) in [5.74, 6) is -1.61. The van der Waals surface area contributed by atoms with E-state index in [1.165, 1.54) is 49.4 Å². The van der Waals surface area contributed by atoms with Crippen molar-refractivity contribution in [1.82, 2.24) is 0 Å². The molecule has 2 aromatic carbocycles. The molecule has 7 nitrogen and oxygen atoms in total. The second-order valence-corrected chi connectivity index (χ2v) is 5.03. The highest BCUT2D eigenvalue weighted by molar-refractivity contribution is 5.88. The van der Waals surface area contributed by atoms with Crippen LogP contribution in [0.4, 0.5) is 0 Å². The number of hydrogen-bond donors (Lipinski definition) is 2. The molecule has 2 N–H and O–H groups in total. The number of hydrogen-bond acceptors (Lipinski definition) is 7. The molecule has 7 heteroatoms. The number of benzene rings is 2. The average molecular weight is 344 g/mol. The van der Waals surface area contributed by atoms with Gasteiger partial charge in [-0.3, -0.25) is 0 Å². The first-order valence-electron chi connectivity index (χ1n) is 7.19. The summed E-state index contributed by atoms with van der Waals surface area (Å²) in [7, 11) is 0. The smallest absolute Gasteiger partial charge is 0.349 e.